The van der Waals surface area contributed by atoms with Crippen LogP contribution < -0.4 is 25.7 Å². The summed E-state index contributed by atoms with van der Waals surface area (Å²) in [6.07, 6.45) is 0. The van der Waals surface area contributed by atoms with Gasteiger partial charge in [0.05, 0.1) is 29.0 Å². The van der Waals surface area contributed by atoms with Crippen LogP contribution in [0.5, 0.6) is 5.75 Å². The summed E-state index contributed by atoms with van der Waals surface area (Å²) >= 11 is 0. The van der Waals surface area contributed by atoms with Crippen LogP contribution in [0.3, 0.4) is 0 Å². The highest BCUT2D eigenvalue weighted by Crippen LogP contribution is 2.40. The maximum Gasteiger partial charge on any atom is 0.264 e. The average Bonchev–Trinajstić information content (AvgIpc) is 3.28. The predicted molar refractivity (Wildman–Crippen MR) is 151 cm³/mol. The number of fused-ring (bicyclic) bond motifs is 6. The third-order valence-electron chi connectivity index (χ3n) is 7.44. The van der Waals surface area contributed by atoms with Crippen LogP contribution in [0.2, 0.25) is 0 Å². The maximum atomic E-state index is 13.3. The average molecular weight is 504 g/mol. The number of aromatic nitrogens is 5. The molecular formula is C27H33N7O3. The SMILES string of the molecule is CCN(CC)c1nc2c(C)c3c([nH]c4c3cc(OC)c3c(=O)[nH]c(N(CC)CC)nc34)c(C)c2c(=O)[nH]1. The van der Waals surface area contributed by atoms with E-state index >= 15 is 0 Å². The number of aromatic amines is 3. The summed E-state index contributed by atoms with van der Waals surface area (Å²) in [5.74, 6) is 1.52. The highest BCUT2D eigenvalue weighted by molar-refractivity contribution is 6.21. The summed E-state index contributed by atoms with van der Waals surface area (Å²) in [5, 5.41) is 2.75. The fraction of sp³-hybridized carbons (Fsp3) is 0.407. The molecule has 3 N–H and O–H groups in total. The van der Waals surface area contributed by atoms with Crippen LogP contribution in [0.25, 0.3) is 43.6 Å². The van der Waals surface area contributed by atoms with Crippen LogP contribution in [0.15, 0.2) is 15.7 Å². The molecule has 0 bridgehead atoms. The van der Waals surface area contributed by atoms with Crippen molar-refractivity contribution >= 4 is 55.5 Å². The van der Waals surface area contributed by atoms with E-state index in [1.54, 1.807) is 7.11 Å². The minimum Gasteiger partial charge on any atom is -0.496 e. The first kappa shape index (κ1) is 24.6. The summed E-state index contributed by atoms with van der Waals surface area (Å²) in [6.45, 7) is 14.9. The van der Waals surface area contributed by atoms with Gasteiger partial charge in [-0.3, -0.25) is 19.6 Å². The maximum absolute atomic E-state index is 13.3. The molecule has 10 nitrogen and oxygen atoms in total. The quantitative estimate of drug-likeness (QED) is 0.305. The van der Waals surface area contributed by atoms with Crippen molar-refractivity contribution in [3.8, 4) is 5.75 Å². The molecule has 5 aromatic rings. The molecule has 0 unspecified atom stereocenters. The molecule has 37 heavy (non-hydrogen) atoms. The van der Waals surface area contributed by atoms with Crippen molar-refractivity contribution in [3.05, 3.63) is 37.9 Å². The molecule has 0 aliphatic rings. The normalized spacial score (nSPS) is 11.8. The Morgan fingerprint density at radius 3 is 1.81 bits per heavy atom. The second-order valence-corrected chi connectivity index (χ2v) is 9.20. The Balaban J connectivity index is 1.97. The van der Waals surface area contributed by atoms with Gasteiger partial charge in [-0.05, 0) is 58.7 Å². The molecule has 0 amide bonds. The lowest BCUT2D eigenvalue weighted by Crippen LogP contribution is -2.27. The van der Waals surface area contributed by atoms with Gasteiger partial charge in [-0.25, -0.2) is 9.97 Å². The molecule has 0 saturated heterocycles. The molecule has 0 fully saturated rings. The van der Waals surface area contributed by atoms with Gasteiger partial charge < -0.3 is 19.5 Å². The lowest BCUT2D eigenvalue weighted by atomic mass is 9.99. The molecule has 0 aliphatic carbocycles. The number of nitrogens with one attached hydrogen (secondary N) is 3. The van der Waals surface area contributed by atoms with Crippen molar-refractivity contribution in [2.75, 3.05) is 43.1 Å². The number of hydrogen-bond acceptors (Lipinski definition) is 7. The number of nitrogens with zero attached hydrogens (tertiary/aromatic N) is 4. The Bertz CT molecular complexity index is 1790. The second kappa shape index (κ2) is 9.10. The predicted octanol–water partition coefficient (Wildman–Crippen LogP) is 4.11. The standard InChI is InChI=1S/C27H33N7O3/c1-8-33(9-2)26-29-21-13(5)17-15-12-16(37-7)19-23(30-27(32-25(19)36)34(10-3)11-4)22(15)28-20(17)14(6)18(21)24(35)31-26/h12,28H,8-11H2,1-7H3,(H,29,31,35)(H,30,32,36). The monoisotopic (exact) mass is 503 g/mol. The minimum atomic E-state index is -0.259. The summed E-state index contributed by atoms with van der Waals surface area (Å²) in [7, 11) is 1.55. The molecular weight excluding hydrogens is 470 g/mol. The van der Waals surface area contributed by atoms with Crippen molar-refractivity contribution in [1.82, 2.24) is 24.9 Å². The van der Waals surface area contributed by atoms with Gasteiger partial charge in [0.25, 0.3) is 11.1 Å². The topological polar surface area (TPSA) is 123 Å². The van der Waals surface area contributed by atoms with Gasteiger partial charge in [-0.1, -0.05) is 0 Å². The van der Waals surface area contributed by atoms with Crippen molar-refractivity contribution < 1.29 is 4.74 Å². The van der Waals surface area contributed by atoms with Crippen LogP contribution in [0.4, 0.5) is 11.9 Å². The van der Waals surface area contributed by atoms with E-state index in [4.69, 9.17) is 14.7 Å². The van der Waals surface area contributed by atoms with Crippen LogP contribution in [0.1, 0.15) is 38.8 Å². The van der Waals surface area contributed by atoms with Crippen molar-refractivity contribution in [3.63, 3.8) is 0 Å². The first-order valence-corrected chi connectivity index (χ1v) is 12.8. The van der Waals surface area contributed by atoms with Gasteiger partial charge >= 0.3 is 0 Å². The Kier molecular flexibility index (Phi) is 6.05. The zero-order valence-corrected chi connectivity index (χ0v) is 22.4. The lowest BCUT2D eigenvalue weighted by Gasteiger charge is -2.20. The van der Waals surface area contributed by atoms with E-state index in [1.165, 1.54) is 0 Å². The van der Waals surface area contributed by atoms with Gasteiger partial charge in [0.2, 0.25) is 11.9 Å². The van der Waals surface area contributed by atoms with E-state index in [-0.39, 0.29) is 11.1 Å². The molecule has 3 aromatic heterocycles. The molecule has 0 radical (unpaired) electrons. The van der Waals surface area contributed by atoms with Crippen molar-refractivity contribution in [1.29, 1.82) is 0 Å². The molecule has 0 aliphatic heterocycles. The first-order valence-electron chi connectivity index (χ1n) is 12.8. The highest BCUT2D eigenvalue weighted by atomic mass is 16.5. The molecule has 5 rings (SSSR count). The summed E-state index contributed by atoms with van der Waals surface area (Å²) < 4.78 is 5.68. The number of aryl methyl sites for hydroxylation is 2. The first-order chi connectivity index (χ1) is 17.8. The highest BCUT2D eigenvalue weighted by Gasteiger charge is 2.23. The van der Waals surface area contributed by atoms with Gasteiger partial charge in [-0.2, -0.15) is 0 Å². The molecule has 3 heterocycles. The molecule has 0 atom stereocenters. The largest absolute Gasteiger partial charge is 0.496 e. The number of methoxy groups -OCH3 is 1. The van der Waals surface area contributed by atoms with E-state index in [0.717, 1.165) is 46.0 Å². The number of anilines is 2. The third-order valence-corrected chi connectivity index (χ3v) is 7.44. The van der Waals surface area contributed by atoms with Crippen molar-refractivity contribution in [2.24, 2.45) is 0 Å². The third kappa shape index (κ3) is 3.53. The smallest absolute Gasteiger partial charge is 0.264 e. The van der Waals surface area contributed by atoms with E-state index in [9.17, 15) is 9.59 Å². The number of rotatable bonds is 7. The summed E-state index contributed by atoms with van der Waals surface area (Å²) in [5.41, 5.74) is 4.00. The molecule has 0 spiro atoms. The fourth-order valence-electron chi connectivity index (χ4n) is 5.42. The van der Waals surface area contributed by atoms with E-state index in [0.29, 0.717) is 52.5 Å². The zero-order chi connectivity index (χ0) is 26.6. The van der Waals surface area contributed by atoms with Crippen LogP contribution in [0, 0.1) is 13.8 Å². The lowest BCUT2D eigenvalue weighted by molar-refractivity contribution is 0.420. The second-order valence-electron chi connectivity index (χ2n) is 9.20. The number of hydrogen-bond donors (Lipinski definition) is 3. The molecule has 0 saturated carbocycles. The van der Waals surface area contributed by atoms with Crippen LogP contribution in [-0.2, 0) is 0 Å². The molecule has 2 aromatic carbocycles. The van der Waals surface area contributed by atoms with Gasteiger partial charge in [0.1, 0.15) is 16.7 Å². The van der Waals surface area contributed by atoms with Crippen LogP contribution in [-0.4, -0.2) is 58.2 Å². The summed E-state index contributed by atoms with van der Waals surface area (Å²) in [6, 6.07) is 1.88. The Morgan fingerprint density at radius 1 is 0.730 bits per heavy atom. The Labute approximate surface area is 213 Å². The number of H-pyrrole nitrogens is 3. The Hall–Kier alpha value is -4.08. The van der Waals surface area contributed by atoms with E-state index < -0.39 is 0 Å². The van der Waals surface area contributed by atoms with Crippen LogP contribution >= 0.6 is 0 Å². The van der Waals surface area contributed by atoms with Crippen molar-refractivity contribution in [2.45, 2.75) is 41.5 Å². The van der Waals surface area contributed by atoms with Gasteiger partial charge in [0.15, 0.2) is 0 Å². The Morgan fingerprint density at radius 2 is 1.27 bits per heavy atom. The fourth-order valence-corrected chi connectivity index (χ4v) is 5.42. The molecule has 10 heteroatoms. The molecule has 194 valence electrons. The van der Waals surface area contributed by atoms with Gasteiger partial charge in [-0.15, -0.1) is 0 Å². The number of benzene rings is 2. The van der Waals surface area contributed by atoms with E-state index in [1.807, 2.05) is 57.4 Å². The van der Waals surface area contributed by atoms with Gasteiger partial charge in [0, 0.05) is 37.0 Å². The summed E-state index contributed by atoms with van der Waals surface area (Å²) in [4.78, 5) is 49.7. The minimum absolute atomic E-state index is 0.172. The number of ether oxygens (including phenoxy) is 1. The zero-order valence-electron chi connectivity index (χ0n) is 22.4. The van der Waals surface area contributed by atoms with E-state index in [2.05, 4.69) is 15.0 Å².